The van der Waals surface area contributed by atoms with Crippen molar-refractivity contribution in [2.45, 2.75) is 12.5 Å². The summed E-state index contributed by atoms with van der Waals surface area (Å²) in [6.45, 7) is 0. The van der Waals surface area contributed by atoms with Crippen LogP contribution >= 0.6 is 27.3 Å². The normalized spacial score (nSPS) is 12.6. The molecule has 0 amide bonds. The Morgan fingerprint density at radius 1 is 1.31 bits per heavy atom. The van der Waals surface area contributed by atoms with Crippen LogP contribution in [-0.2, 0) is 6.42 Å². The van der Waals surface area contributed by atoms with Gasteiger partial charge in [0, 0.05) is 21.2 Å². The largest absolute Gasteiger partial charge is 0.271 e. The topological polar surface area (TPSA) is 38.0 Å². The molecule has 0 saturated heterocycles. The Hall–Kier alpha value is -0.680. The maximum atomic E-state index is 5.60. The summed E-state index contributed by atoms with van der Waals surface area (Å²) >= 11 is 5.20. The minimum atomic E-state index is 0.173. The molecule has 0 spiro atoms. The molecule has 0 bridgehead atoms. The van der Waals surface area contributed by atoms with Crippen LogP contribution in [0.25, 0.3) is 0 Å². The van der Waals surface area contributed by atoms with E-state index in [1.54, 1.807) is 11.3 Å². The molecule has 1 aromatic carbocycles. The van der Waals surface area contributed by atoms with Crippen molar-refractivity contribution in [2.75, 3.05) is 0 Å². The van der Waals surface area contributed by atoms with E-state index in [2.05, 4.69) is 44.9 Å². The Bertz CT molecular complexity index is 441. The summed E-state index contributed by atoms with van der Waals surface area (Å²) in [6, 6.07) is 12.6. The summed E-state index contributed by atoms with van der Waals surface area (Å²) in [5.74, 6) is 5.60. The predicted octanol–water partition coefficient (Wildman–Crippen LogP) is 3.26. The minimum Gasteiger partial charge on any atom is -0.271 e. The molecule has 0 radical (unpaired) electrons. The lowest BCUT2D eigenvalue weighted by Gasteiger charge is -2.15. The smallest absolute Gasteiger partial charge is 0.0508 e. The molecule has 4 heteroatoms. The second kappa shape index (κ2) is 5.59. The van der Waals surface area contributed by atoms with Crippen LogP contribution in [0.15, 0.2) is 46.3 Å². The molecule has 2 rings (SSSR count). The number of nitrogens with one attached hydrogen (secondary N) is 1. The molecule has 1 unspecified atom stereocenters. The van der Waals surface area contributed by atoms with E-state index in [4.69, 9.17) is 5.84 Å². The van der Waals surface area contributed by atoms with Crippen LogP contribution in [0, 0.1) is 0 Å². The zero-order valence-corrected chi connectivity index (χ0v) is 11.1. The van der Waals surface area contributed by atoms with Crippen LogP contribution in [0.5, 0.6) is 0 Å². The van der Waals surface area contributed by atoms with Crippen molar-refractivity contribution in [3.8, 4) is 0 Å². The van der Waals surface area contributed by atoms with Gasteiger partial charge in [-0.15, -0.1) is 11.3 Å². The molecule has 2 aromatic rings. The lowest BCUT2D eigenvalue weighted by molar-refractivity contribution is 0.555. The van der Waals surface area contributed by atoms with Gasteiger partial charge in [0.05, 0.1) is 6.04 Å². The van der Waals surface area contributed by atoms with Gasteiger partial charge in [0.1, 0.15) is 0 Å². The summed E-state index contributed by atoms with van der Waals surface area (Å²) in [4.78, 5) is 1.32. The van der Waals surface area contributed by atoms with Gasteiger partial charge in [-0.3, -0.25) is 11.3 Å². The van der Waals surface area contributed by atoms with E-state index >= 15 is 0 Å². The van der Waals surface area contributed by atoms with Crippen molar-refractivity contribution in [1.29, 1.82) is 0 Å². The lowest BCUT2D eigenvalue weighted by atomic mass is 10.0. The van der Waals surface area contributed by atoms with Crippen molar-refractivity contribution in [2.24, 2.45) is 5.84 Å². The number of thiophene rings is 1. The molecule has 84 valence electrons. The Kier molecular flexibility index (Phi) is 4.12. The predicted molar refractivity (Wildman–Crippen MR) is 72.2 cm³/mol. The minimum absolute atomic E-state index is 0.173. The van der Waals surface area contributed by atoms with Crippen molar-refractivity contribution in [1.82, 2.24) is 5.43 Å². The molecule has 1 aromatic heterocycles. The second-order valence-corrected chi connectivity index (χ2v) is 5.48. The Labute approximate surface area is 108 Å². The molecule has 0 saturated carbocycles. The number of hydrogen-bond donors (Lipinski definition) is 2. The average Bonchev–Trinajstić information content (AvgIpc) is 2.73. The quantitative estimate of drug-likeness (QED) is 0.671. The number of halogens is 1. The fraction of sp³-hybridized carbons (Fsp3) is 0.167. The number of nitrogens with two attached hydrogens (primary N) is 1. The van der Waals surface area contributed by atoms with Gasteiger partial charge in [-0.25, -0.2) is 0 Å². The molecule has 0 fully saturated rings. The molecule has 0 aliphatic carbocycles. The van der Waals surface area contributed by atoms with Crippen molar-refractivity contribution in [3.63, 3.8) is 0 Å². The van der Waals surface area contributed by atoms with E-state index in [0.29, 0.717) is 0 Å². The fourth-order valence-corrected chi connectivity index (χ4v) is 3.12. The van der Waals surface area contributed by atoms with Crippen molar-refractivity contribution >= 4 is 27.3 Å². The molecule has 1 heterocycles. The highest BCUT2D eigenvalue weighted by atomic mass is 79.9. The fourth-order valence-electron chi connectivity index (χ4n) is 1.62. The number of benzene rings is 1. The summed E-state index contributed by atoms with van der Waals surface area (Å²) in [7, 11) is 0. The summed E-state index contributed by atoms with van der Waals surface area (Å²) in [5.41, 5.74) is 4.08. The van der Waals surface area contributed by atoms with E-state index in [-0.39, 0.29) is 6.04 Å². The SMILES string of the molecule is NNC(Cc1cc(Br)cs1)c1ccccc1. The Morgan fingerprint density at radius 3 is 2.62 bits per heavy atom. The van der Waals surface area contributed by atoms with Crippen LogP contribution in [-0.4, -0.2) is 0 Å². The van der Waals surface area contributed by atoms with Gasteiger partial charge < -0.3 is 0 Å². The van der Waals surface area contributed by atoms with Crippen LogP contribution in [0.2, 0.25) is 0 Å². The maximum Gasteiger partial charge on any atom is 0.0508 e. The second-order valence-electron chi connectivity index (χ2n) is 3.57. The van der Waals surface area contributed by atoms with E-state index in [9.17, 15) is 0 Å². The van der Waals surface area contributed by atoms with Crippen LogP contribution < -0.4 is 11.3 Å². The molecule has 0 aliphatic rings. The first-order valence-electron chi connectivity index (χ1n) is 5.03. The van der Waals surface area contributed by atoms with Crippen molar-refractivity contribution in [3.05, 3.63) is 56.7 Å². The number of hydrogen-bond acceptors (Lipinski definition) is 3. The first-order valence-corrected chi connectivity index (χ1v) is 6.71. The average molecular weight is 297 g/mol. The number of hydrazine groups is 1. The van der Waals surface area contributed by atoms with Gasteiger partial charge in [-0.05, 0) is 27.6 Å². The van der Waals surface area contributed by atoms with E-state index in [0.717, 1.165) is 10.9 Å². The van der Waals surface area contributed by atoms with Crippen LogP contribution in [0.4, 0.5) is 0 Å². The molecule has 2 nitrogen and oxygen atoms in total. The first kappa shape index (κ1) is 11.8. The molecule has 3 N–H and O–H groups in total. The third kappa shape index (κ3) is 2.92. The van der Waals surface area contributed by atoms with Gasteiger partial charge in [0.2, 0.25) is 0 Å². The third-order valence-corrected chi connectivity index (χ3v) is 4.15. The standard InChI is InChI=1S/C12H13BrN2S/c13-10-6-11(16-8-10)7-12(15-14)9-4-2-1-3-5-9/h1-6,8,12,15H,7,14H2. The zero-order chi connectivity index (χ0) is 11.4. The van der Waals surface area contributed by atoms with Gasteiger partial charge in [0.25, 0.3) is 0 Å². The summed E-state index contributed by atoms with van der Waals surface area (Å²) in [6.07, 6.45) is 0.913. The number of rotatable bonds is 4. The molecular weight excluding hydrogens is 284 g/mol. The highest BCUT2D eigenvalue weighted by Gasteiger charge is 2.11. The van der Waals surface area contributed by atoms with Gasteiger partial charge >= 0.3 is 0 Å². The lowest BCUT2D eigenvalue weighted by Crippen LogP contribution is -2.29. The van der Waals surface area contributed by atoms with Gasteiger partial charge in [-0.1, -0.05) is 30.3 Å². The zero-order valence-electron chi connectivity index (χ0n) is 8.69. The Morgan fingerprint density at radius 2 is 2.06 bits per heavy atom. The van der Waals surface area contributed by atoms with Gasteiger partial charge in [0.15, 0.2) is 0 Å². The molecule has 1 atom stereocenters. The van der Waals surface area contributed by atoms with E-state index in [1.165, 1.54) is 10.4 Å². The van der Waals surface area contributed by atoms with Crippen molar-refractivity contribution < 1.29 is 0 Å². The Balaban J connectivity index is 2.12. The monoisotopic (exact) mass is 296 g/mol. The van der Waals surface area contributed by atoms with Crippen LogP contribution in [0.3, 0.4) is 0 Å². The van der Waals surface area contributed by atoms with Gasteiger partial charge in [-0.2, -0.15) is 0 Å². The summed E-state index contributed by atoms with van der Waals surface area (Å²) in [5, 5.41) is 2.09. The summed E-state index contributed by atoms with van der Waals surface area (Å²) < 4.78 is 1.14. The third-order valence-electron chi connectivity index (χ3n) is 2.43. The molecular formula is C12H13BrN2S. The maximum absolute atomic E-state index is 5.60. The highest BCUT2D eigenvalue weighted by molar-refractivity contribution is 9.10. The highest BCUT2D eigenvalue weighted by Crippen LogP contribution is 2.25. The molecule has 16 heavy (non-hydrogen) atoms. The molecule has 0 aliphatic heterocycles. The van der Waals surface area contributed by atoms with E-state index in [1.807, 2.05) is 18.2 Å². The van der Waals surface area contributed by atoms with Crippen LogP contribution in [0.1, 0.15) is 16.5 Å². The first-order chi connectivity index (χ1) is 7.79. The van der Waals surface area contributed by atoms with E-state index < -0.39 is 0 Å².